The van der Waals surface area contributed by atoms with E-state index >= 15 is 0 Å². The predicted molar refractivity (Wildman–Crippen MR) is 86.3 cm³/mol. The lowest BCUT2D eigenvalue weighted by Gasteiger charge is -2.08. The summed E-state index contributed by atoms with van der Waals surface area (Å²) in [6, 6.07) is 10.7. The van der Waals surface area contributed by atoms with Crippen molar-refractivity contribution < 1.29 is 14.3 Å². The molecule has 2 N–H and O–H groups in total. The number of nitrogens with one attached hydrogen (secondary N) is 2. The highest BCUT2D eigenvalue weighted by Gasteiger charge is 2.14. The first-order chi connectivity index (χ1) is 11.8. The first kappa shape index (κ1) is 14.3. The second-order valence-corrected chi connectivity index (χ2v) is 5.24. The number of anilines is 1. The molecule has 0 spiro atoms. The summed E-state index contributed by atoms with van der Waals surface area (Å²) in [5.41, 5.74) is 1.43. The molecule has 3 heterocycles. The fraction of sp³-hybridized carbons (Fsp3) is 0.188. The molecule has 1 aliphatic heterocycles. The van der Waals surface area contributed by atoms with Crippen molar-refractivity contribution in [3.8, 4) is 11.5 Å². The Morgan fingerprint density at radius 3 is 3.04 bits per heavy atom. The molecule has 0 aliphatic carbocycles. The number of urea groups is 1. The second-order valence-electron chi connectivity index (χ2n) is 5.24. The fourth-order valence-electron chi connectivity index (χ4n) is 2.50. The molecule has 24 heavy (non-hydrogen) atoms. The van der Waals surface area contributed by atoms with Crippen LogP contribution < -0.4 is 20.1 Å². The van der Waals surface area contributed by atoms with Gasteiger partial charge in [0.25, 0.3) is 0 Å². The zero-order valence-electron chi connectivity index (χ0n) is 12.7. The fourth-order valence-corrected chi connectivity index (χ4v) is 2.50. The maximum absolute atomic E-state index is 12.0. The summed E-state index contributed by atoms with van der Waals surface area (Å²) in [5, 5.41) is 13.8. The molecule has 2 amide bonds. The van der Waals surface area contributed by atoms with Crippen LogP contribution in [0.5, 0.6) is 11.5 Å². The molecule has 0 fully saturated rings. The molecular formula is C16H15N5O3. The second kappa shape index (κ2) is 6.07. The number of carbonyl (C=O) groups excluding carboxylic acids is 1. The monoisotopic (exact) mass is 325 g/mol. The van der Waals surface area contributed by atoms with Gasteiger partial charge in [0, 0.05) is 30.9 Å². The number of aromatic nitrogens is 3. The third kappa shape index (κ3) is 2.81. The van der Waals surface area contributed by atoms with Gasteiger partial charge in [-0.15, -0.1) is 10.2 Å². The molecule has 0 bridgehead atoms. The molecule has 0 radical (unpaired) electrons. The van der Waals surface area contributed by atoms with Crippen LogP contribution in [0.25, 0.3) is 5.65 Å². The van der Waals surface area contributed by atoms with Crippen molar-refractivity contribution in [2.24, 2.45) is 0 Å². The average molecular weight is 325 g/mol. The molecule has 122 valence electrons. The molecule has 3 aromatic rings. The van der Waals surface area contributed by atoms with Crippen molar-refractivity contribution in [1.29, 1.82) is 0 Å². The highest BCUT2D eigenvalue weighted by molar-refractivity contribution is 5.89. The van der Waals surface area contributed by atoms with E-state index in [2.05, 4.69) is 20.8 Å². The summed E-state index contributed by atoms with van der Waals surface area (Å²) in [6.45, 7) is 0.656. The molecule has 0 unspecified atom stereocenters. The topological polar surface area (TPSA) is 89.8 Å². The zero-order valence-corrected chi connectivity index (χ0v) is 12.7. The van der Waals surface area contributed by atoms with Crippen molar-refractivity contribution in [2.45, 2.75) is 6.42 Å². The lowest BCUT2D eigenvalue weighted by molar-refractivity contribution is 0.174. The largest absolute Gasteiger partial charge is 0.454 e. The van der Waals surface area contributed by atoms with Crippen LogP contribution >= 0.6 is 0 Å². The van der Waals surface area contributed by atoms with Gasteiger partial charge in [-0.05, 0) is 24.3 Å². The van der Waals surface area contributed by atoms with Crippen molar-refractivity contribution in [3.63, 3.8) is 0 Å². The zero-order chi connectivity index (χ0) is 16.4. The standard InChI is InChI=1S/C16H15N5O3/c22-16(18-11-4-5-12-13(9-11)24-10-23-12)17-7-6-15-20-19-14-3-1-2-8-21(14)15/h1-5,8-9H,6-7,10H2,(H2,17,18,22). The Balaban J connectivity index is 1.32. The van der Waals surface area contributed by atoms with Crippen LogP contribution in [0.4, 0.5) is 10.5 Å². The van der Waals surface area contributed by atoms with Crippen LogP contribution in [-0.2, 0) is 6.42 Å². The van der Waals surface area contributed by atoms with Gasteiger partial charge in [0.1, 0.15) is 5.82 Å². The number of hydrogen-bond acceptors (Lipinski definition) is 5. The number of benzene rings is 1. The minimum Gasteiger partial charge on any atom is -0.454 e. The molecule has 2 aromatic heterocycles. The minimum atomic E-state index is -0.289. The molecule has 0 saturated carbocycles. The van der Waals surface area contributed by atoms with Gasteiger partial charge in [0.05, 0.1) is 0 Å². The normalized spacial score (nSPS) is 12.3. The Kier molecular flexibility index (Phi) is 3.62. The maximum Gasteiger partial charge on any atom is 0.319 e. The van der Waals surface area contributed by atoms with Crippen molar-refractivity contribution in [1.82, 2.24) is 19.9 Å². The van der Waals surface area contributed by atoms with E-state index in [9.17, 15) is 4.79 Å². The lowest BCUT2D eigenvalue weighted by Crippen LogP contribution is -2.30. The lowest BCUT2D eigenvalue weighted by atomic mass is 10.3. The quantitative estimate of drug-likeness (QED) is 0.764. The number of nitrogens with zero attached hydrogens (tertiary/aromatic N) is 3. The van der Waals surface area contributed by atoms with E-state index in [1.165, 1.54) is 0 Å². The van der Waals surface area contributed by atoms with Crippen LogP contribution in [0.2, 0.25) is 0 Å². The number of fused-ring (bicyclic) bond motifs is 2. The number of ether oxygens (including phenoxy) is 2. The van der Waals surface area contributed by atoms with Gasteiger partial charge in [0.2, 0.25) is 6.79 Å². The summed E-state index contributed by atoms with van der Waals surface area (Å²) in [7, 11) is 0. The smallest absolute Gasteiger partial charge is 0.319 e. The number of hydrogen-bond donors (Lipinski definition) is 2. The van der Waals surface area contributed by atoms with E-state index in [1.807, 2.05) is 28.8 Å². The summed E-state index contributed by atoms with van der Waals surface area (Å²) in [6.07, 6.45) is 2.48. The minimum absolute atomic E-state index is 0.206. The van der Waals surface area contributed by atoms with Crippen LogP contribution in [-0.4, -0.2) is 34.0 Å². The van der Waals surface area contributed by atoms with Gasteiger partial charge < -0.3 is 20.1 Å². The van der Waals surface area contributed by atoms with E-state index in [4.69, 9.17) is 9.47 Å². The SMILES string of the molecule is O=C(NCCc1nnc2ccccn12)Nc1ccc2c(c1)OCO2. The maximum atomic E-state index is 12.0. The Morgan fingerprint density at radius 2 is 2.08 bits per heavy atom. The average Bonchev–Trinajstić information content (AvgIpc) is 3.21. The molecule has 4 rings (SSSR count). The van der Waals surface area contributed by atoms with E-state index in [1.54, 1.807) is 18.2 Å². The molecule has 0 saturated heterocycles. The molecule has 1 aliphatic rings. The summed E-state index contributed by atoms with van der Waals surface area (Å²) in [5.74, 6) is 2.11. The highest BCUT2D eigenvalue weighted by Crippen LogP contribution is 2.34. The number of amides is 2. The summed E-state index contributed by atoms with van der Waals surface area (Å²) in [4.78, 5) is 12.0. The third-order valence-corrected chi connectivity index (χ3v) is 3.65. The van der Waals surface area contributed by atoms with Crippen LogP contribution in [0.3, 0.4) is 0 Å². The Labute approximate surface area is 137 Å². The first-order valence-corrected chi connectivity index (χ1v) is 7.53. The number of carbonyl (C=O) groups is 1. The van der Waals surface area contributed by atoms with Crippen molar-refractivity contribution >= 4 is 17.4 Å². The molecular weight excluding hydrogens is 310 g/mol. The van der Waals surface area contributed by atoms with Gasteiger partial charge in [-0.25, -0.2) is 4.79 Å². The van der Waals surface area contributed by atoms with Crippen LogP contribution in [0.15, 0.2) is 42.6 Å². The van der Waals surface area contributed by atoms with Gasteiger partial charge in [-0.1, -0.05) is 6.07 Å². The molecule has 8 heteroatoms. The van der Waals surface area contributed by atoms with Gasteiger partial charge in [-0.3, -0.25) is 4.40 Å². The predicted octanol–water partition coefficient (Wildman–Crippen LogP) is 1.82. The van der Waals surface area contributed by atoms with E-state index in [0.29, 0.717) is 30.2 Å². The van der Waals surface area contributed by atoms with Crippen LogP contribution in [0.1, 0.15) is 5.82 Å². The van der Waals surface area contributed by atoms with Crippen LogP contribution in [0, 0.1) is 0 Å². The highest BCUT2D eigenvalue weighted by atomic mass is 16.7. The van der Waals surface area contributed by atoms with Crippen molar-refractivity contribution in [3.05, 3.63) is 48.4 Å². The van der Waals surface area contributed by atoms with E-state index in [0.717, 1.165) is 11.5 Å². The van der Waals surface area contributed by atoms with Crippen molar-refractivity contribution in [2.75, 3.05) is 18.7 Å². The Hall–Kier alpha value is -3.29. The first-order valence-electron chi connectivity index (χ1n) is 7.53. The summed E-state index contributed by atoms with van der Waals surface area (Å²) >= 11 is 0. The summed E-state index contributed by atoms with van der Waals surface area (Å²) < 4.78 is 12.4. The Morgan fingerprint density at radius 1 is 1.17 bits per heavy atom. The third-order valence-electron chi connectivity index (χ3n) is 3.65. The van der Waals surface area contributed by atoms with Gasteiger partial charge >= 0.3 is 6.03 Å². The van der Waals surface area contributed by atoms with Gasteiger partial charge in [-0.2, -0.15) is 0 Å². The van der Waals surface area contributed by atoms with Gasteiger partial charge in [0.15, 0.2) is 17.1 Å². The number of pyridine rings is 1. The molecule has 8 nitrogen and oxygen atoms in total. The van der Waals surface area contributed by atoms with E-state index in [-0.39, 0.29) is 12.8 Å². The molecule has 0 atom stereocenters. The molecule has 1 aromatic carbocycles. The van der Waals surface area contributed by atoms with E-state index < -0.39 is 0 Å². The Bertz CT molecular complexity index is 892. The number of rotatable bonds is 4.